The van der Waals surface area contributed by atoms with Crippen LogP contribution in [0.25, 0.3) is 0 Å². The summed E-state index contributed by atoms with van der Waals surface area (Å²) in [6.07, 6.45) is 1.45. The van der Waals surface area contributed by atoms with E-state index in [9.17, 15) is 9.90 Å². The lowest BCUT2D eigenvalue weighted by molar-refractivity contribution is -0.137. The topological polar surface area (TPSA) is 68.7 Å². The SMILES string of the molecule is CC1(C)OB(C(CC(=O)O)c2ccnc(Cl)c2)OC1(C)C. The lowest BCUT2D eigenvalue weighted by Crippen LogP contribution is -2.41. The molecule has 7 heteroatoms. The Morgan fingerprint density at radius 1 is 1.38 bits per heavy atom. The quantitative estimate of drug-likeness (QED) is 0.684. The highest BCUT2D eigenvalue weighted by Crippen LogP contribution is 2.41. The smallest absolute Gasteiger partial charge is 0.466 e. The predicted molar refractivity (Wildman–Crippen MR) is 80.3 cm³/mol. The standard InChI is InChI=1S/C14H19BClNO4/c1-13(2)14(3,4)21-15(20-13)10(8-12(18)19)9-5-6-17-11(16)7-9/h5-7,10H,8H2,1-4H3,(H,18,19). The number of hydrogen-bond donors (Lipinski definition) is 1. The van der Waals surface area contributed by atoms with Gasteiger partial charge in [0.25, 0.3) is 0 Å². The number of halogens is 1. The highest BCUT2D eigenvalue weighted by Gasteiger charge is 2.54. The van der Waals surface area contributed by atoms with E-state index in [4.69, 9.17) is 20.9 Å². The predicted octanol–water partition coefficient (Wildman–Crippen LogP) is 2.92. The van der Waals surface area contributed by atoms with Crippen molar-refractivity contribution in [1.29, 1.82) is 0 Å². The molecule has 0 amide bonds. The zero-order valence-corrected chi connectivity index (χ0v) is 13.3. The molecule has 1 atom stereocenters. The summed E-state index contributed by atoms with van der Waals surface area (Å²) in [5, 5.41) is 9.49. The van der Waals surface area contributed by atoms with Crippen LogP contribution in [-0.2, 0) is 14.1 Å². The van der Waals surface area contributed by atoms with Crippen LogP contribution in [0.4, 0.5) is 0 Å². The normalized spacial score (nSPS) is 21.3. The van der Waals surface area contributed by atoms with E-state index >= 15 is 0 Å². The number of hydrogen-bond acceptors (Lipinski definition) is 4. The van der Waals surface area contributed by atoms with Gasteiger partial charge in [-0.25, -0.2) is 4.98 Å². The van der Waals surface area contributed by atoms with Gasteiger partial charge >= 0.3 is 13.1 Å². The summed E-state index contributed by atoms with van der Waals surface area (Å²) < 4.78 is 11.9. The van der Waals surface area contributed by atoms with Crippen LogP contribution in [0.1, 0.15) is 45.5 Å². The molecule has 1 aromatic heterocycles. The van der Waals surface area contributed by atoms with E-state index in [0.717, 1.165) is 5.56 Å². The fraction of sp³-hybridized carbons (Fsp3) is 0.571. The molecule has 1 saturated heterocycles. The molecule has 0 spiro atoms. The molecular weight excluding hydrogens is 292 g/mol. The Morgan fingerprint density at radius 2 is 1.95 bits per heavy atom. The number of carboxylic acids is 1. The molecule has 0 saturated carbocycles. The molecule has 1 aliphatic rings. The molecular formula is C14H19BClNO4. The number of carboxylic acid groups (broad SMARTS) is 1. The molecule has 0 radical (unpaired) electrons. The minimum Gasteiger partial charge on any atom is -0.481 e. The minimum absolute atomic E-state index is 0.100. The summed E-state index contributed by atoms with van der Waals surface area (Å²) in [7, 11) is -0.635. The maximum Gasteiger partial charge on any atom is 0.466 e. The van der Waals surface area contributed by atoms with Crippen LogP contribution in [0.3, 0.4) is 0 Å². The maximum atomic E-state index is 11.2. The highest BCUT2D eigenvalue weighted by atomic mass is 35.5. The number of aromatic nitrogens is 1. The molecule has 0 aromatic carbocycles. The highest BCUT2D eigenvalue weighted by molar-refractivity contribution is 6.48. The fourth-order valence-electron chi connectivity index (χ4n) is 2.26. The zero-order chi connectivity index (χ0) is 15.8. The second kappa shape index (κ2) is 5.59. The van der Waals surface area contributed by atoms with Crippen LogP contribution in [0, 0.1) is 0 Å². The summed E-state index contributed by atoms with van der Waals surface area (Å²) in [5.41, 5.74) is -0.271. The number of aliphatic carboxylic acids is 1. The van der Waals surface area contributed by atoms with E-state index in [1.807, 2.05) is 27.7 Å². The number of pyridine rings is 1. The molecule has 1 N–H and O–H groups in total. The van der Waals surface area contributed by atoms with E-state index in [-0.39, 0.29) is 6.42 Å². The molecule has 1 aromatic rings. The van der Waals surface area contributed by atoms with Gasteiger partial charge in [-0.2, -0.15) is 0 Å². The summed E-state index contributed by atoms with van der Waals surface area (Å²) in [5.74, 6) is -1.35. The molecule has 1 unspecified atom stereocenters. The van der Waals surface area contributed by atoms with Gasteiger partial charge in [0.1, 0.15) is 5.15 Å². The average molecular weight is 312 g/mol. The third kappa shape index (κ3) is 3.39. The third-order valence-electron chi connectivity index (χ3n) is 4.17. The first kappa shape index (κ1) is 16.3. The van der Waals surface area contributed by atoms with Gasteiger partial charge < -0.3 is 14.4 Å². The number of carbonyl (C=O) groups is 1. The van der Waals surface area contributed by atoms with Gasteiger partial charge in [-0.3, -0.25) is 4.79 Å². The van der Waals surface area contributed by atoms with Crippen molar-refractivity contribution < 1.29 is 19.2 Å². The molecule has 114 valence electrons. The minimum atomic E-state index is -0.914. The Kier molecular flexibility index (Phi) is 4.33. The van der Waals surface area contributed by atoms with Crippen molar-refractivity contribution in [1.82, 2.24) is 4.98 Å². The average Bonchev–Trinajstić information content (AvgIpc) is 2.55. The van der Waals surface area contributed by atoms with Gasteiger partial charge in [0.2, 0.25) is 0 Å². The van der Waals surface area contributed by atoms with Crippen molar-refractivity contribution in [3.05, 3.63) is 29.0 Å². The van der Waals surface area contributed by atoms with E-state index in [0.29, 0.717) is 5.15 Å². The second-order valence-corrected chi connectivity index (χ2v) is 6.63. The molecule has 0 aliphatic carbocycles. The van der Waals surface area contributed by atoms with Gasteiger partial charge in [-0.05, 0) is 45.4 Å². The Labute approximate surface area is 129 Å². The van der Waals surface area contributed by atoms with E-state index < -0.39 is 30.1 Å². The Balaban J connectivity index is 2.32. The molecule has 1 aliphatic heterocycles. The van der Waals surface area contributed by atoms with Crippen LogP contribution in [0.2, 0.25) is 5.15 Å². The van der Waals surface area contributed by atoms with Gasteiger partial charge in [0, 0.05) is 12.0 Å². The molecule has 21 heavy (non-hydrogen) atoms. The number of nitrogens with zero attached hydrogens (tertiary/aromatic N) is 1. The Morgan fingerprint density at radius 3 is 2.43 bits per heavy atom. The van der Waals surface area contributed by atoms with E-state index in [2.05, 4.69) is 4.98 Å². The van der Waals surface area contributed by atoms with E-state index in [1.165, 1.54) is 0 Å². The molecule has 2 rings (SSSR count). The van der Waals surface area contributed by atoms with Gasteiger partial charge in [0.05, 0.1) is 17.6 Å². The zero-order valence-electron chi connectivity index (χ0n) is 12.6. The number of rotatable bonds is 4. The summed E-state index contributed by atoms with van der Waals surface area (Å²) in [6, 6.07) is 3.39. The van der Waals surface area contributed by atoms with Crippen LogP contribution in [0.15, 0.2) is 18.3 Å². The Hall–Kier alpha value is -1.11. The van der Waals surface area contributed by atoms with Crippen LogP contribution in [0.5, 0.6) is 0 Å². The third-order valence-corrected chi connectivity index (χ3v) is 4.38. The molecule has 1 fully saturated rings. The first-order valence-corrected chi connectivity index (χ1v) is 7.19. The summed E-state index contributed by atoms with van der Waals surface area (Å²) in [6.45, 7) is 7.74. The van der Waals surface area contributed by atoms with E-state index in [1.54, 1.807) is 18.3 Å². The van der Waals surface area contributed by atoms with Gasteiger partial charge in [-0.15, -0.1) is 0 Å². The lowest BCUT2D eigenvalue weighted by atomic mass is 9.66. The fourth-order valence-corrected chi connectivity index (χ4v) is 2.44. The van der Waals surface area contributed by atoms with Crippen LogP contribution >= 0.6 is 11.6 Å². The van der Waals surface area contributed by atoms with Crippen LogP contribution < -0.4 is 0 Å². The maximum absolute atomic E-state index is 11.2. The Bertz CT molecular complexity index is 534. The second-order valence-electron chi connectivity index (χ2n) is 6.24. The molecule has 2 heterocycles. The van der Waals surface area contributed by atoms with Crippen molar-refractivity contribution in [2.75, 3.05) is 0 Å². The largest absolute Gasteiger partial charge is 0.481 e. The summed E-state index contributed by atoms with van der Waals surface area (Å²) >= 11 is 5.90. The van der Waals surface area contributed by atoms with Crippen molar-refractivity contribution in [3.63, 3.8) is 0 Å². The monoisotopic (exact) mass is 311 g/mol. The first-order valence-electron chi connectivity index (χ1n) is 6.81. The molecule has 0 bridgehead atoms. The van der Waals surface area contributed by atoms with Crippen molar-refractivity contribution in [2.24, 2.45) is 0 Å². The first-order chi connectivity index (χ1) is 9.62. The molecule has 5 nitrogen and oxygen atoms in total. The van der Waals surface area contributed by atoms with Gasteiger partial charge in [-0.1, -0.05) is 11.6 Å². The van der Waals surface area contributed by atoms with Crippen molar-refractivity contribution in [2.45, 2.75) is 51.1 Å². The lowest BCUT2D eigenvalue weighted by Gasteiger charge is -2.32. The van der Waals surface area contributed by atoms with Crippen molar-refractivity contribution >= 4 is 24.7 Å². The van der Waals surface area contributed by atoms with Gasteiger partial charge in [0.15, 0.2) is 0 Å². The van der Waals surface area contributed by atoms with Crippen molar-refractivity contribution in [3.8, 4) is 0 Å². The summed E-state index contributed by atoms with van der Waals surface area (Å²) in [4.78, 5) is 15.1. The van der Waals surface area contributed by atoms with Crippen LogP contribution in [-0.4, -0.2) is 34.4 Å².